The van der Waals surface area contributed by atoms with Crippen molar-refractivity contribution in [2.75, 3.05) is 26.4 Å². The molecule has 35 heavy (non-hydrogen) atoms. The first-order valence-corrected chi connectivity index (χ1v) is 11.8. The lowest BCUT2D eigenvalue weighted by Crippen LogP contribution is -2.49. The van der Waals surface area contributed by atoms with Crippen molar-refractivity contribution < 1.29 is 28.5 Å². The number of hydrogen-bond donors (Lipinski definition) is 0. The number of hydrogen-bond acceptors (Lipinski definition) is 6. The lowest BCUT2D eigenvalue weighted by molar-refractivity contribution is -0.199. The van der Waals surface area contributed by atoms with E-state index in [4.69, 9.17) is 18.9 Å². The fraction of sp³-hybridized carbons (Fsp3) is 0.310. The zero-order chi connectivity index (χ0) is 24.5. The highest BCUT2D eigenvalue weighted by molar-refractivity contribution is 6.02. The summed E-state index contributed by atoms with van der Waals surface area (Å²) in [6.07, 6.45) is 0.614. The van der Waals surface area contributed by atoms with E-state index in [-0.39, 0.29) is 11.4 Å². The summed E-state index contributed by atoms with van der Waals surface area (Å²) in [7, 11) is 0. The predicted octanol–water partition coefficient (Wildman–Crippen LogP) is 5.43. The molecule has 1 unspecified atom stereocenters. The Morgan fingerprint density at radius 2 is 1.51 bits per heavy atom. The van der Waals surface area contributed by atoms with Gasteiger partial charge in [0.25, 0.3) is 0 Å². The third-order valence-electron chi connectivity index (χ3n) is 5.76. The lowest BCUT2D eigenvalue weighted by Gasteiger charge is -2.37. The Balaban J connectivity index is 1.41. The van der Waals surface area contributed by atoms with Crippen LogP contribution in [0.4, 0.5) is 0 Å². The summed E-state index contributed by atoms with van der Waals surface area (Å²) in [5, 5.41) is 0. The number of unbranched alkanes of at least 4 members (excludes halogenated alkanes) is 1. The van der Waals surface area contributed by atoms with Crippen LogP contribution in [-0.4, -0.2) is 43.8 Å². The van der Waals surface area contributed by atoms with Crippen molar-refractivity contribution >= 4 is 11.8 Å². The molecule has 0 aromatic heterocycles. The third kappa shape index (κ3) is 6.78. The van der Waals surface area contributed by atoms with Crippen LogP contribution in [0.5, 0.6) is 5.75 Å². The molecule has 1 fully saturated rings. The van der Waals surface area contributed by atoms with Crippen molar-refractivity contribution in [2.24, 2.45) is 0 Å². The second kappa shape index (κ2) is 11.8. The zero-order valence-electron chi connectivity index (χ0n) is 19.9. The Morgan fingerprint density at radius 3 is 2.17 bits per heavy atom. The highest BCUT2D eigenvalue weighted by Gasteiger charge is 2.34. The summed E-state index contributed by atoms with van der Waals surface area (Å²) < 4.78 is 22.7. The van der Waals surface area contributed by atoms with Gasteiger partial charge in [-0.3, -0.25) is 4.79 Å². The highest BCUT2D eigenvalue weighted by Crippen LogP contribution is 2.27. The van der Waals surface area contributed by atoms with Crippen LogP contribution >= 0.6 is 0 Å². The smallest absolute Gasteiger partial charge is 0.339 e. The van der Waals surface area contributed by atoms with Crippen LogP contribution in [-0.2, 0) is 14.2 Å². The number of carbonyl (C=O) groups is 2. The molecule has 0 saturated carbocycles. The van der Waals surface area contributed by atoms with E-state index in [1.54, 1.807) is 66.7 Å². The average molecular weight is 475 g/mol. The summed E-state index contributed by atoms with van der Waals surface area (Å²) in [4.78, 5) is 26.1. The standard InChI is InChI=1S/C29H30O6/c1-29(20-32-21-29)34-18-9-8-17-33-25-16-10-15-24(19-25)27(26(30)22-11-4-2-5-12-22)35-28(31)23-13-6-3-7-14-23/h2-7,10-16,19,27H,8-9,17-18,20-21H2,1H3. The van der Waals surface area contributed by atoms with Gasteiger partial charge in [0.15, 0.2) is 6.10 Å². The number of carbonyl (C=O) groups excluding carboxylic acids is 2. The maximum atomic E-state index is 13.3. The second-order valence-electron chi connectivity index (χ2n) is 8.80. The lowest BCUT2D eigenvalue weighted by atomic mass is 9.99. The van der Waals surface area contributed by atoms with Crippen LogP contribution < -0.4 is 4.74 Å². The summed E-state index contributed by atoms with van der Waals surface area (Å²) in [6, 6.07) is 24.6. The second-order valence-corrected chi connectivity index (χ2v) is 8.80. The predicted molar refractivity (Wildman–Crippen MR) is 132 cm³/mol. The molecule has 3 aromatic carbocycles. The Kier molecular flexibility index (Phi) is 8.29. The van der Waals surface area contributed by atoms with Gasteiger partial charge in [-0.05, 0) is 44.0 Å². The van der Waals surface area contributed by atoms with Crippen LogP contribution in [0.2, 0.25) is 0 Å². The van der Waals surface area contributed by atoms with Gasteiger partial charge in [-0.25, -0.2) is 4.79 Å². The van der Waals surface area contributed by atoms with Gasteiger partial charge < -0.3 is 18.9 Å². The van der Waals surface area contributed by atoms with Crippen molar-refractivity contribution in [1.29, 1.82) is 0 Å². The molecule has 3 aromatic rings. The Bertz CT molecular complexity index is 1110. The van der Waals surface area contributed by atoms with Crippen molar-refractivity contribution in [2.45, 2.75) is 31.5 Å². The zero-order valence-corrected chi connectivity index (χ0v) is 19.9. The normalized spacial score (nSPS) is 15.0. The summed E-state index contributed by atoms with van der Waals surface area (Å²) >= 11 is 0. The van der Waals surface area contributed by atoms with E-state index in [0.717, 1.165) is 12.8 Å². The Labute approximate surface area is 205 Å². The fourth-order valence-corrected chi connectivity index (χ4v) is 3.73. The SMILES string of the molecule is CC1(OCCCCOc2cccc(C(OC(=O)c3ccccc3)C(=O)c3ccccc3)c2)COC1. The van der Waals surface area contributed by atoms with Crippen molar-refractivity contribution in [3.63, 3.8) is 0 Å². The monoisotopic (exact) mass is 474 g/mol. The van der Waals surface area contributed by atoms with Crippen LogP contribution in [0, 0.1) is 0 Å². The molecule has 0 amide bonds. The highest BCUT2D eigenvalue weighted by atomic mass is 16.6. The molecule has 4 rings (SSSR count). The molecule has 1 saturated heterocycles. The number of Topliss-reactive ketones (excluding diaryl/α,β-unsaturated/α-hetero) is 1. The minimum Gasteiger partial charge on any atom is -0.494 e. The van der Waals surface area contributed by atoms with E-state index in [9.17, 15) is 9.59 Å². The van der Waals surface area contributed by atoms with Crippen molar-refractivity contribution in [1.82, 2.24) is 0 Å². The molecular weight excluding hydrogens is 444 g/mol. The topological polar surface area (TPSA) is 71.1 Å². The van der Waals surface area contributed by atoms with E-state index < -0.39 is 12.1 Å². The molecule has 0 radical (unpaired) electrons. The fourth-order valence-electron chi connectivity index (χ4n) is 3.73. The molecule has 1 aliphatic heterocycles. The first kappa shape index (κ1) is 24.6. The number of benzene rings is 3. The maximum Gasteiger partial charge on any atom is 0.339 e. The number of esters is 1. The van der Waals surface area contributed by atoms with Crippen LogP contribution in [0.1, 0.15) is 52.1 Å². The van der Waals surface area contributed by atoms with Gasteiger partial charge in [-0.15, -0.1) is 0 Å². The number of ketones is 1. The Hall–Kier alpha value is -3.48. The first-order valence-electron chi connectivity index (χ1n) is 11.8. The van der Waals surface area contributed by atoms with Gasteiger partial charge in [0.05, 0.1) is 25.4 Å². The number of ether oxygens (including phenoxy) is 4. The summed E-state index contributed by atoms with van der Waals surface area (Å²) in [5.41, 5.74) is 1.26. The molecule has 0 N–H and O–H groups in total. The van der Waals surface area contributed by atoms with Crippen LogP contribution in [0.3, 0.4) is 0 Å². The first-order chi connectivity index (χ1) is 17.0. The van der Waals surface area contributed by atoms with Gasteiger partial charge in [0.2, 0.25) is 5.78 Å². The third-order valence-corrected chi connectivity index (χ3v) is 5.76. The van der Waals surface area contributed by atoms with Gasteiger partial charge in [-0.2, -0.15) is 0 Å². The van der Waals surface area contributed by atoms with Crippen molar-refractivity contribution in [3.05, 3.63) is 102 Å². The minimum absolute atomic E-state index is 0.146. The van der Waals surface area contributed by atoms with Gasteiger partial charge in [-0.1, -0.05) is 60.7 Å². The molecule has 1 aliphatic rings. The summed E-state index contributed by atoms with van der Waals surface area (Å²) in [6.45, 7) is 4.52. The molecule has 182 valence electrons. The van der Waals surface area contributed by atoms with Crippen LogP contribution in [0.15, 0.2) is 84.9 Å². The Morgan fingerprint density at radius 1 is 0.857 bits per heavy atom. The maximum absolute atomic E-state index is 13.3. The number of rotatable bonds is 12. The largest absolute Gasteiger partial charge is 0.494 e. The van der Waals surface area contributed by atoms with E-state index in [1.807, 2.05) is 18.2 Å². The van der Waals surface area contributed by atoms with Crippen LogP contribution in [0.25, 0.3) is 0 Å². The molecule has 0 spiro atoms. The van der Waals surface area contributed by atoms with Gasteiger partial charge >= 0.3 is 5.97 Å². The molecular formula is C29H30O6. The molecule has 1 atom stereocenters. The molecule has 6 nitrogen and oxygen atoms in total. The minimum atomic E-state index is -1.09. The quantitative estimate of drug-likeness (QED) is 0.198. The average Bonchev–Trinajstić information content (AvgIpc) is 2.89. The molecule has 0 bridgehead atoms. The van der Waals surface area contributed by atoms with E-state index in [2.05, 4.69) is 6.92 Å². The summed E-state index contributed by atoms with van der Waals surface area (Å²) in [5.74, 6) is -0.237. The van der Waals surface area contributed by atoms with E-state index >= 15 is 0 Å². The van der Waals surface area contributed by atoms with Crippen molar-refractivity contribution in [3.8, 4) is 5.75 Å². The molecule has 0 aliphatic carbocycles. The molecule has 6 heteroatoms. The van der Waals surface area contributed by atoms with E-state index in [0.29, 0.717) is 48.9 Å². The van der Waals surface area contributed by atoms with Gasteiger partial charge in [0.1, 0.15) is 11.4 Å². The van der Waals surface area contributed by atoms with E-state index in [1.165, 1.54) is 0 Å². The molecule has 1 heterocycles. The van der Waals surface area contributed by atoms with Gasteiger partial charge in [0, 0.05) is 17.7 Å².